The van der Waals surface area contributed by atoms with Crippen molar-refractivity contribution in [3.05, 3.63) is 59.2 Å². The van der Waals surface area contributed by atoms with E-state index >= 15 is 0 Å². The summed E-state index contributed by atoms with van der Waals surface area (Å²) in [7, 11) is 0. The number of para-hydroxylation sites is 1. The van der Waals surface area contributed by atoms with Crippen molar-refractivity contribution in [1.29, 1.82) is 0 Å². The lowest BCUT2D eigenvalue weighted by molar-refractivity contribution is 0.165. The van der Waals surface area contributed by atoms with Gasteiger partial charge in [0.15, 0.2) is 0 Å². The lowest BCUT2D eigenvalue weighted by Crippen LogP contribution is -2.56. The first kappa shape index (κ1) is 16.2. The minimum absolute atomic E-state index is 0.251. The van der Waals surface area contributed by atoms with Gasteiger partial charge in [-0.1, -0.05) is 30.3 Å². The number of piperazine rings is 1. The van der Waals surface area contributed by atoms with Gasteiger partial charge in [0, 0.05) is 45.0 Å². The second-order valence-electron chi connectivity index (χ2n) is 6.71. The standard InChI is InChI=1S/C20H25N5/c21-15-19(18-9-8-16-5-1-2-6-17(16)23-18)24-11-13-25(14-12-24)20-7-3-4-10-22-20/h1-8,10,18-19H,9,11-15,21H2. The summed E-state index contributed by atoms with van der Waals surface area (Å²) in [4.78, 5) is 14.3. The molecular formula is C20H25N5. The lowest BCUT2D eigenvalue weighted by Gasteiger charge is -2.41. The maximum absolute atomic E-state index is 6.16. The van der Waals surface area contributed by atoms with E-state index in [1.807, 2.05) is 18.3 Å². The van der Waals surface area contributed by atoms with E-state index in [1.165, 1.54) is 5.22 Å². The molecule has 3 heterocycles. The highest BCUT2D eigenvalue weighted by Gasteiger charge is 2.29. The molecular weight excluding hydrogens is 310 g/mol. The Bertz CT molecular complexity index is 811. The molecule has 4 rings (SSSR count). The van der Waals surface area contributed by atoms with Crippen LogP contribution in [-0.4, -0.2) is 54.7 Å². The third-order valence-electron chi connectivity index (χ3n) is 5.26. The van der Waals surface area contributed by atoms with Crippen LogP contribution in [0.5, 0.6) is 0 Å². The Kier molecular flexibility index (Phi) is 4.76. The number of aromatic nitrogens is 1. The van der Waals surface area contributed by atoms with Crippen LogP contribution in [0.1, 0.15) is 6.42 Å². The molecule has 25 heavy (non-hydrogen) atoms. The first-order valence-corrected chi connectivity index (χ1v) is 9.08. The number of nitrogens with zero attached hydrogens (tertiary/aromatic N) is 4. The average molecular weight is 335 g/mol. The highest BCUT2D eigenvalue weighted by Crippen LogP contribution is 2.18. The molecule has 1 fully saturated rings. The Morgan fingerprint density at radius 1 is 1.04 bits per heavy atom. The smallest absolute Gasteiger partial charge is 0.128 e. The van der Waals surface area contributed by atoms with Gasteiger partial charge in [-0.25, -0.2) is 4.98 Å². The molecule has 2 unspecified atom stereocenters. The van der Waals surface area contributed by atoms with Gasteiger partial charge in [0.2, 0.25) is 0 Å². The normalized spacial score (nSPS) is 21.8. The van der Waals surface area contributed by atoms with Gasteiger partial charge in [0.05, 0.1) is 11.4 Å². The van der Waals surface area contributed by atoms with E-state index in [4.69, 9.17) is 10.7 Å². The van der Waals surface area contributed by atoms with Crippen LogP contribution in [0, 0.1) is 0 Å². The fourth-order valence-electron chi connectivity index (χ4n) is 3.87. The number of fused-ring (bicyclic) bond motifs is 1. The summed E-state index contributed by atoms with van der Waals surface area (Å²) in [6, 6.07) is 15.0. The van der Waals surface area contributed by atoms with Crippen molar-refractivity contribution < 1.29 is 0 Å². The molecule has 1 aromatic carbocycles. The van der Waals surface area contributed by atoms with Gasteiger partial charge in [-0.2, -0.15) is 0 Å². The second-order valence-corrected chi connectivity index (χ2v) is 6.71. The molecule has 0 aliphatic carbocycles. The minimum atomic E-state index is 0.251. The van der Waals surface area contributed by atoms with E-state index in [9.17, 15) is 0 Å². The zero-order valence-corrected chi connectivity index (χ0v) is 14.5. The zero-order chi connectivity index (χ0) is 17.1. The van der Waals surface area contributed by atoms with Crippen LogP contribution in [0.25, 0.3) is 6.08 Å². The highest BCUT2D eigenvalue weighted by molar-refractivity contribution is 5.38. The van der Waals surface area contributed by atoms with Gasteiger partial charge in [0.25, 0.3) is 0 Å². The predicted molar refractivity (Wildman–Crippen MR) is 101 cm³/mol. The van der Waals surface area contributed by atoms with Crippen LogP contribution in [0.15, 0.2) is 53.7 Å². The van der Waals surface area contributed by atoms with Crippen LogP contribution in [0.3, 0.4) is 0 Å². The Morgan fingerprint density at radius 3 is 2.60 bits per heavy atom. The molecule has 0 bridgehead atoms. The van der Waals surface area contributed by atoms with Crippen molar-refractivity contribution in [2.24, 2.45) is 10.7 Å². The topological polar surface area (TPSA) is 57.8 Å². The summed E-state index contributed by atoms with van der Waals surface area (Å²) < 4.78 is 0. The van der Waals surface area contributed by atoms with Gasteiger partial charge < -0.3 is 10.6 Å². The van der Waals surface area contributed by atoms with E-state index in [0.717, 1.165) is 43.8 Å². The van der Waals surface area contributed by atoms with E-state index in [2.05, 4.69) is 51.2 Å². The third-order valence-corrected chi connectivity index (χ3v) is 5.26. The molecule has 130 valence electrons. The molecule has 2 aromatic rings. The van der Waals surface area contributed by atoms with Crippen molar-refractivity contribution in [1.82, 2.24) is 9.88 Å². The van der Waals surface area contributed by atoms with E-state index in [-0.39, 0.29) is 6.04 Å². The Balaban J connectivity index is 1.45. The number of benzene rings is 1. The van der Waals surface area contributed by atoms with E-state index < -0.39 is 0 Å². The molecule has 0 radical (unpaired) electrons. The van der Waals surface area contributed by atoms with Crippen molar-refractivity contribution in [3.63, 3.8) is 0 Å². The Labute approximate surface area is 148 Å². The zero-order valence-electron chi connectivity index (χ0n) is 14.5. The molecule has 5 nitrogen and oxygen atoms in total. The molecule has 2 aliphatic heterocycles. The average Bonchev–Trinajstić information content (AvgIpc) is 2.70. The van der Waals surface area contributed by atoms with E-state index in [1.54, 1.807) is 0 Å². The summed E-state index contributed by atoms with van der Waals surface area (Å²) >= 11 is 0. The number of anilines is 1. The molecule has 5 heteroatoms. The summed E-state index contributed by atoms with van der Waals surface area (Å²) in [6.45, 7) is 4.63. The van der Waals surface area contributed by atoms with Gasteiger partial charge in [-0.3, -0.25) is 9.89 Å². The first-order chi connectivity index (χ1) is 12.3. The molecule has 1 saturated heterocycles. The van der Waals surface area contributed by atoms with Crippen molar-refractivity contribution in [3.8, 4) is 0 Å². The third kappa shape index (κ3) is 3.43. The summed E-state index contributed by atoms with van der Waals surface area (Å²) in [5, 5.41) is 2.35. The van der Waals surface area contributed by atoms with Crippen molar-refractivity contribution in [2.45, 2.75) is 18.5 Å². The van der Waals surface area contributed by atoms with Crippen LogP contribution in [-0.2, 0) is 0 Å². The number of hydrogen-bond donors (Lipinski definition) is 1. The second kappa shape index (κ2) is 7.33. The SMILES string of the molecule is NCC(C1CC=c2ccccc2=N1)N1CCN(c2ccccn2)CC1. The Morgan fingerprint density at radius 2 is 1.84 bits per heavy atom. The van der Waals surface area contributed by atoms with Crippen molar-refractivity contribution >= 4 is 11.9 Å². The summed E-state index contributed by atoms with van der Waals surface area (Å²) in [5.41, 5.74) is 6.16. The number of rotatable bonds is 4. The van der Waals surface area contributed by atoms with Crippen LogP contribution in [0.4, 0.5) is 5.82 Å². The van der Waals surface area contributed by atoms with Gasteiger partial charge in [0.1, 0.15) is 5.82 Å². The maximum atomic E-state index is 6.16. The molecule has 0 saturated carbocycles. The largest absolute Gasteiger partial charge is 0.354 e. The van der Waals surface area contributed by atoms with Crippen LogP contribution in [0.2, 0.25) is 0 Å². The first-order valence-electron chi connectivity index (χ1n) is 9.08. The number of pyridine rings is 1. The van der Waals surface area contributed by atoms with Crippen molar-refractivity contribution in [2.75, 3.05) is 37.6 Å². The number of hydrogen-bond acceptors (Lipinski definition) is 5. The molecule has 1 aromatic heterocycles. The molecule has 0 spiro atoms. The molecule has 2 aliphatic rings. The van der Waals surface area contributed by atoms with Crippen LogP contribution < -0.4 is 21.2 Å². The number of nitrogens with two attached hydrogens (primary N) is 1. The maximum Gasteiger partial charge on any atom is 0.128 e. The summed E-state index contributed by atoms with van der Waals surface area (Å²) in [6.07, 6.45) is 5.14. The molecule has 2 atom stereocenters. The minimum Gasteiger partial charge on any atom is -0.354 e. The monoisotopic (exact) mass is 335 g/mol. The van der Waals surface area contributed by atoms with Gasteiger partial charge >= 0.3 is 0 Å². The van der Waals surface area contributed by atoms with Gasteiger partial charge in [-0.05, 0) is 29.8 Å². The lowest BCUT2D eigenvalue weighted by atomic mass is 9.99. The highest BCUT2D eigenvalue weighted by atomic mass is 15.3. The fraction of sp³-hybridized carbons (Fsp3) is 0.400. The summed E-state index contributed by atoms with van der Waals surface area (Å²) in [5.74, 6) is 1.07. The molecule has 2 N–H and O–H groups in total. The quantitative estimate of drug-likeness (QED) is 0.879. The Hall–Kier alpha value is -2.24. The van der Waals surface area contributed by atoms with E-state index in [0.29, 0.717) is 12.6 Å². The van der Waals surface area contributed by atoms with Gasteiger partial charge in [-0.15, -0.1) is 0 Å². The predicted octanol–water partition coefficient (Wildman–Crippen LogP) is 0.404. The van der Waals surface area contributed by atoms with Crippen LogP contribution >= 0.6 is 0 Å². The molecule has 0 amide bonds. The fourth-order valence-corrected chi connectivity index (χ4v) is 3.87.